The van der Waals surface area contributed by atoms with E-state index in [2.05, 4.69) is 5.32 Å². The van der Waals surface area contributed by atoms with Gasteiger partial charge in [-0.05, 0) is 19.4 Å². The predicted octanol–water partition coefficient (Wildman–Crippen LogP) is 1.39. The van der Waals surface area contributed by atoms with Crippen molar-refractivity contribution in [3.8, 4) is 0 Å². The van der Waals surface area contributed by atoms with E-state index in [1.807, 2.05) is 0 Å². The van der Waals surface area contributed by atoms with Crippen molar-refractivity contribution < 1.29 is 22.7 Å². The molecular weight excluding hydrogens is 202 g/mol. The second-order valence-electron chi connectivity index (χ2n) is 3.74. The van der Waals surface area contributed by atoms with Gasteiger partial charge in [-0.1, -0.05) is 0 Å². The minimum Gasteiger partial charge on any atom is -0.388 e. The van der Waals surface area contributed by atoms with Crippen molar-refractivity contribution in [2.45, 2.75) is 37.2 Å². The van der Waals surface area contributed by atoms with E-state index in [1.165, 1.54) is 0 Å². The molecule has 0 aromatic carbocycles. The van der Waals surface area contributed by atoms with Crippen molar-refractivity contribution in [3.05, 3.63) is 0 Å². The topological polar surface area (TPSA) is 32.3 Å². The van der Waals surface area contributed by atoms with Gasteiger partial charge in [-0.2, -0.15) is 0 Å². The fourth-order valence-corrected chi connectivity index (χ4v) is 1.62. The van der Waals surface area contributed by atoms with Gasteiger partial charge in [0.15, 0.2) is 0 Å². The Labute approximate surface area is 79.3 Å². The Kier molecular flexibility index (Phi) is 3.36. The summed E-state index contributed by atoms with van der Waals surface area (Å²) in [6.07, 6.45) is -4.23. The van der Waals surface area contributed by atoms with Crippen molar-refractivity contribution in [3.63, 3.8) is 0 Å². The van der Waals surface area contributed by atoms with Crippen LogP contribution in [0.1, 0.15) is 19.3 Å². The van der Waals surface area contributed by atoms with Gasteiger partial charge in [0.1, 0.15) is 0 Å². The molecule has 0 aromatic rings. The van der Waals surface area contributed by atoms with Crippen LogP contribution in [0.25, 0.3) is 0 Å². The Bertz CT molecular complexity index is 192. The molecule has 1 saturated heterocycles. The molecule has 1 fully saturated rings. The summed E-state index contributed by atoms with van der Waals surface area (Å²) in [4.78, 5) is 0. The number of aliphatic hydroxyl groups is 1. The smallest absolute Gasteiger partial charge is 0.310 e. The lowest BCUT2D eigenvalue weighted by Gasteiger charge is -2.35. The molecule has 6 heteroatoms. The third-order valence-corrected chi connectivity index (χ3v) is 2.33. The van der Waals surface area contributed by atoms with Gasteiger partial charge in [-0.15, -0.1) is 0 Å². The predicted molar refractivity (Wildman–Crippen MR) is 42.6 cm³/mol. The van der Waals surface area contributed by atoms with E-state index < -0.39 is 24.4 Å². The lowest BCUT2D eigenvalue weighted by molar-refractivity contribution is -0.171. The molecule has 1 heterocycles. The van der Waals surface area contributed by atoms with Crippen molar-refractivity contribution >= 4 is 0 Å². The van der Waals surface area contributed by atoms with Gasteiger partial charge in [0, 0.05) is 13.0 Å². The van der Waals surface area contributed by atoms with E-state index >= 15 is 0 Å². The van der Waals surface area contributed by atoms with Crippen LogP contribution >= 0.6 is 0 Å². The average Bonchev–Trinajstić information content (AvgIpc) is 2.03. The highest BCUT2D eigenvalue weighted by molar-refractivity contribution is 4.90. The first-order valence-electron chi connectivity index (χ1n) is 4.45. The first kappa shape index (κ1) is 11.7. The van der Waals surface area contributed by atoms with Crippen LogP contribution in [0.15, 0.2) is 0 Å². The fraction of sp³-hybridized carbons (Fsp3) is 1.00. The fourth-order valence-electron chi connectivity index (χ4n) is 1.62. The quantitative estimate of drug-likeness (QED) is 0.697. The molecule has 14 heavy (non-hydrogen) atoms. The summed E-state index contributed by atoms with van der Waals surface area (Å²) in [5.41, 5.74) is -1.70. The van der Waals surface area contributed by atoms with Gasteiger partial charge in [0.2, 0.25) is 0 Å². The molecule has 0 radical (unpaired) electrons. The standard InChI is InChI=1S/C8H13F4NO/c9-6(10)8(11,12)4-7(14)2-1-3-13-5-7/h6,13-14H,1-5H2. The van der Waals surface area contributed by atoms with Gasteiger partial charge >= 0.3 is 12.3 Å². The number of β-amino-alcohol motifs (C(OH)–C–C–N with tert-alkyl or cyclic N) is 1. The number of hydrogen-bond donors (Lipinski definition) is 2. The van der Waals surface area contributed by atoms with Crippen LogP contribution in [0.2, 0.25) is 0 Å². The third-order valence-electron chi connectivity index (χ3n) is 2.33. The molecule has 0 aliphatic carbocycles. The Balaban J connectivity index is 2.56. The first-order valence-corrected chi connectivity index (χ1v) is 4.45. The van der Waals surface area contributed by atoms with Crippen molar-refractivity contribution in [2.75, 3.05) is 13.1 Å². The van der Waals surface area contributed by atoms with Crippen LogP contribution < -0.4 is 5.32 Å². The summed E-state index contributed by atoms with van der Waals surface area (Å²) in [6.45, 7) is 0.581. The zero-order chi connectivity index (χ0) is 10.8. The first-order chi connectivity index (χ1) is 6.36. The number of halogens is 4. The molecule has 1 atom stereocenters. The minimum atomic E-state index is -4.10. The number of hydrogen-bond acceptors (Lipinski definition) is 2. The zero-order valence-corrected chi connectivity index (χ0v) is 7.57. The molecular formula is C8H13F4NO. The summed E-state index contributed by atoms with van der Waals surface area (Å²) in [5.74, 6) is -4.10. The maximum absolute atomic E-state index is 12.6. The van der Waals surface area contributed by atoms with Crippen LogP contribution in [0, 0.1) is 0 Å². The number of rotatable bonds is 3. The lowest BCUT2D eigenvalue weighted by Crippen LogP contribution is -2.50. The van der Waals surface area contributed by atoms with Crippen LogP contribution in [0.5, 0.6) is 0 Å². The molecule has 2 N–H and O–H groups in total. The molecule has 1 rings (SSSR count). The van der Waals surface area contributed by atoms with Crippen molar-refractivity contribution in [2.24, 2.45) is 0 Å². The molecule has 0 spiro atoms. The zero-order valence-electron chi connectivity index (χ0n) is 7.57. The molecule has 1 aliphatic heterocycles. The van der Waals surface area contributed by atoms with E-state index in [0.29, 0.717) is 13.0 Å². The molecule has 0 aromatic heterocycles. The van der Waals surface area contributed by atoms with E-state index in [0.717, 1.165) is 0 Å². The van der Waals surface area contributed by atoms with E-state index in [9.17, 15) is 22.7 Å². The maximum atomic E-state index is 12.6. The minimum absolute atomic E-state index is 0.0463. The number of piperidine rings is 1. The molecule has 1 unspecified atom stereocenters. The van der Waals surface area contributed by atoms with Gasteiger partial charge in [-0.25, -0.2) is 17.6 Å². The SMILES string of the molecule is OC1(CC(F)(F)C(F)F)CCCNC1. The normalized spacial score (nSPS) is 29.6. The Hall–Kier alpha value is -0.360. The van der Waals surface area contributed by atoms with Gasteiger partial charge < -0.3 is 10.4 Å². The second-order valence-corrected chi connectivity index (χ2v) is 3.74. The molecule has 0 saturated carbocycles. The average molecular weight is 215 g/mol. The highest BCUT2D eigenvalue weighted by atomic mass is 19.3. The molecule has 2 nitrogen and oxygen atoms in total. The summed E-state index contributed by atoms with van der Waals surface area (Å²) < 4.78 is 49.0. The summed E-state index contributed by atoms with van der Waals surface area (Å²) in [7, 11) is 0. The third kappa shape index (κ3) is 2.81. The summed E-state index contributed by atoms with van der Waals surface area (Å²) in [6, 6.07) is 0. The van der Waals surface area contributed by atoms with Crippen LogP contribution in [0.4, 0.5) is 17.6 Å². The maximum Gasteiger partial charge on any atom is 0.310 e. The van der Waals surface area contributed by atoms with Crippen LogP contribution in [-0.2, 0) is 0 Å². The molecule has 0 bridgehead atoms. The van der Waals surface area contributed by atoms with E-state index in [1.54, 1.807) is 0 Å². The Morgan fingerprint density at radius 3 is 2.50 bits per heavy atom. The number of nitrogens with one attached hydrogen (secondary N) is 1. The second kappa shape index (κ2) is 4.02. The van der Waals surface area contributed by atoms with E-state index in [-0.39, 0.29) is 13.0 Å². The monoisotopic (exact) mass is 215 g/mol. The molecule has 1 aliphatic rings. The van der Waals surface area contributed by atoms with Gasteiger partial charge in [0.25, 0.3) is 0 Å². The molecule has 84 valence electrons. The van der Waals surface area contributed by atoms with Crippen LogP contribution in [0.3, 0.4) is 0 Å². The van der Waals surface area contributed by atoms with Gasteiger partial charge in [-0.3, -0.25) is 0 Å². The Morgan fingerprint density at radius 2 is 2.07 bits per heavy atom. The highest BCUT2D eigenvalue weighted by Crippen LogP contribution is 2.34. The van der Waals surface area contributed by atoms with E-state index in [4.69, 9.17) is 0 Å². The molecule has 0 amide bonds. The van der Waals surface area contributed by atoms with Gasteiger partial charge in [0.05, 0.1) is 5.60 Å². The highest BCUT2D eigenvalue weighted by Gasteiger charge is 2.48. The largest absolute Gasteiger partial charge is 0.388 e. The van der Waals surface area contributed by atoms with Crippen molar-refractivity contribution in [1.82, 2.24) is 5.32 Å². The number of alkyl halides is 4. The van der Waals surface area contributed by atoms with Crippen molar-refractivity contribution in [1.29, 1.82) is 0 Å². The Morgan fingerprint density at radius 1 is 1.43 bits per heavy atom. The summed E-state index contributed by atoms with van der Waals surface area (Å²) >= 11 is 0. The summed E-state index contributed by atoms with van der Waals surface area (Å²) in [5, 5.41) is 12.3. The van der Waals surface area contributed by atoms with Crippen LogP contribution in [-0.4, -0.2) is 36.1 Å². The lowest BCUT2D eigenvalue weighted by atomic mass is 9.88.